The Labute approximate surface area is 85.8 Å². The molecule has 0 aliphatic heterocycles. The number of rotatable bonds is 3. The molecule has 1 aromatic heterocycles. The molecule has 0 atom stereocenters. The van der Waals surface area contributed by atoms with Crippen LogP contribution in [0, 0.1) is 13.8 Å². The van der Waals surface area contributed by atoms with Crippen molar-refractivity contribution >= 4 is 0 Å². The third-order valence-electron chi connectivity index (χ3n) is 2.69. The van der Waals surface area contributed by atoms with Crippen molar-refractivity contribution in [1.82, 2.24) is 9.97 Å². The molecule has 0 saturated heterocycles. The molecule has 0 unspecified atom stereocenters. The normalized spacial score (nSPS) is 11.8. The summed E-state index contributed by atoms with van der Waals surface area (Å²) >= 11 is 0. The van der Waals surface area contributed by atoms with Crippen molar-refractivity contribution in [2.75, 3.05) is 0 Å². The molecule has 2 N–H and O–H groups in total. The van der Waals surface area contributed by atoms with E-state index in [0.29, 0.717) is 0 Å². The maximum Gasteiger partial charge on any atom is 0.148 e. The molecule has 1 aromatic rings. The third kappa shape index (κ3) is 2.10. The number of hydrogen-bond acceptors (Lipinski definition) is 3. The van der Waals surface area contributed by atoms with Crippen LogP contribution in [0.15, 0.2) is 6.07 Å². The fraction of sp³-hybridized carbons (Fsp3) is 0.636. The van der Waals surface area contributed by atoms with Crippen molar-refractivity contribution in [1.29, 1.82) is 0 Å². The summed E-state index contributed by atoms with van der Waals surface area (Å²) in [5.41, 5.74) is 7.85. The number of aromatic nitrogens is 2. The highest BCUT2D eigenvalue weighted by molar-refractivity contribution is 5.13. The second-order valence-electron chi connectivity index (χ2n) is 3.84. The van der Waals surface area contributed by atoms with Gasteiger partial charge in [-0.2, -0.15) is 0 Å². The molecule has 1 rings (SSSR count). The predicted octanol–water partition coefficient (Wildman–Crippen LogP) is 2.07. The summed E-state index contributed by atoms with van der Waals surface area (Å²) in [6.07, 6.45) is 1.73. The molecular formula is C11H19N3. The smallest absolute Gasteiger partial charge is 0.148 e. The Kier molecular flexibility index (Phi) is 3.21. The van der Waals surface area contributed by atoms with Gasteiger partial charge in [0.2, 0.25) is 0 Å². The molecule has 0 aromatic carbocycles. The highest BCUT2D eigenvalue weighted by Crippen LogP contribution is 2.22. The van der Waals surface area contributed by atoms with Crippen LogP contribution in [0.1, 0.15) is 43.9 Å². The molecule has 0 aliphatic rings. The second-order valence-corrected chi connectivity index (χ2v) is 3.84. The quantitative estimate of drug-likeness (QED) is 0.799. The van der Waals surface area contributed by atoms with Gasteiger partial charge in [-0.3, -0.25) is 0 Å². The minimum Gasteiger partial charge on any atom is -0.319 e. The van der Waals surface area contributed by atoms with Crippen LogP contribution in [0.25, 0.3) is 0 Å². The van der Waals surface area contributed by atoms with Gasteiger partial charge in [0.05, 0.1) is 5.54 Å². The second kappa shape index (κ2) is 4.05. The number of nitrogens with zero attached hydrogens (tertiary/aromatic N) is 2. The van der Waals surface area contributed by atoms with Crippen molar-refractivity contribution in [2.45, 2.75) is 46.1 Å². The molecule has 3 heteroatoms. The zero-order valence-electron chi connectivity index (χ0n) is 9.46. The van der Waals surface area contributed by atoms with Crippen LogP contribution in [0.2, 0.25) is 0 Å². The van der Waals surface area contributed by atoms with Crippen LogP contribution < -0.4 is 5.73 Å². The summed E-state index contributed by atoms with van der Waals surface area (Å²) in [5.74, 6) is 0.778. The summed E-state index contributed by atoms with van der Waals surface area (Å²) < 4.78 is 0. The van der Waals surface area contributed by atoms with Gasteiger partial charge in [-0.15, -0.1) is 0 Å². The Morgan fingerprint density at radius 2 is 1.57 bits per heavy atom. The van der Waals surface area contributed by atoms with Crippen molar-refractivity contribution < 1.29 is 0 Å². The zero-order chi connectivity index (χ0) is 10.8. The van der Waals surface area contributed by atoms with Crippen LogP contribution in [-0.4, -0.2) is 9.97 Å². The molecule has 0 amide bonds. The van der Waals surface area contributed by atoms with E-state index in [1.807, 2.05) is 19.9 Å². The van der Waals surface area contributed by atoms with Crippen molar-refractivity contribution in [3.05, 3.63) is 23.3 Å². The van der Waals surface area contributed by atoms with Gasteiger partial charge in [0.25, 0.3) is 0 Å². The summed E-state index contributed by atoms with van der Waals surface area (Å²) in [7, 11) is 0. The highest BCUT2D eigenvalue weighted by atomic mass is 15.0. The maximum atomic E-state index is 6.23. The van der Waals surface area contributed by atoms with Crippen molar-refractivity contribution in [2.24, 2.45) is 5.73 Å². The Morgan fingerprint density at radius 3 is 1.93 bits per heavy atom. The molecule has 0 radical (unpaired) electrons. The van der Waals surface area contributed by atoms with Crippen molar-refractivity contribution in [3.8, 4) is 0 Å². The zero-order valence-corrected chi connectivity index (χ0v) is 9.46. The number of aryl methyl sites for hydroxylation is 2. The first-order valence-electron chi connectivity index (χ1n) is 5.13. The van der Waals surface area contributed by atoms with Crippen LogP contribution in [0.4, 0.5) is 0 Å². The lowest BCUT2D eigenvalue weighted by atomic mass is 9.93. The third-order valence-corrected chi connectivity index (χ3v) is 2.69. The first-order valence-corrected chi connectivity index (χ1v) is 5.13. The largest absolute Gasteiger partial charge is 0.319 e. The Morgan fingerprint density at radius 1 is 1.14 bits per heavy atom. The van der Waals surface area contributed by atoms with E-state index in [4.69, 9.17) is 5.73 Å². The van der Waals surface area contributed by atoms with Gasteiger partial charge in [-0.25, -0.2) is 9.97 Å². The molecule has 0 fully saturated rings. The standard InChI is InChI=1S/C11H19N3/c1-5-11(12,6-2)10-13-8(3)7-9(4)14-10/h7H,5-6,12H2,1-4H3. The molecular weight excluding hydrogens is 174 g/mol. The van der Waals surface area contributed by atoms with Gasteiger partial charge in [0, 0.05) is 11.4 Å². The van der Waals surface area contributed by atoms with Gasteiger partial charge in [-0.1, -0.05) is 13.8 Å². The first kappa shape index (κ1) is 11.1. The van der Waals surface area contributed by atoms with Crippen LogP contribution in [0.3, 0.4) is 0 Å². The summed E-state index contributed by atoms with van der Waals surface area (Å²) in [5, 5.41) is 0. The van der Waals surface area contributed by atoms with Gasteiger partial charge in [0.15, 0.2) is 0 Å². The highest BCUT2D eigenvalue weighted by Gasteiger charge is 2.26. The average molecular weight is 193 g/mol. The van der Waals surface area contributed by atoms with E-state index in [1.54, 1.807) is 0 Å². The van der Waals surface area contributed by atoms with Crippen LogP contribution >= 0.6 is 0 Å². The van der Waals surface area contributed by atoms with E-state index in [2.05, 4.69) is 23.8 Å². The maximum absolute atomic E-state index is 6.23. The van der Waals surface area contributed by atoms with Gasteiger partial charge >= 0.3 is 0 Å². The Balaban J connectivity index is 3.17. The molecule has 3 nitrogen and oxygen atoms in total. The lowest BCUT2D eigenvalue weighted by Gasteiger charge is -2.25. The molecule has 78 valence electrons. The SMILES string of the molecule is CCC(N)(CC)c1nc(C)cc(C)n1. The fourth-order valence-corrected chi connectivity index (χ4v) is 1.51. The van der Waals surface area contributed by atoms with Gasteiger partial charge in [0.1, 0.15) is 5.82 Å². The summed E-state index contributed by atoms with van der Waals surface area (Å²) in [6, 6.07) is 1.97. The topological polar surface area (TPSA) is 51.8 Å². The van der Waals surface area contributed by atoms with E-state index >= 15 is 0 Å². The Bertz CT molecular complexity index is 296. The number of hydrogen-bond donors (Lipinski definition) is 1. The lowest BCUT2D eigenvalue weighted by molar-refractivity contribution is 0.385. The van der Waals surface area contributed by atoms with E-state index in [1.165, 1.54) is 0 Å². The van der Waals surface area contributed by atoms with Crippen LogP contribution in [0.5, 0.6) is 0 Å². The molecule has 0 spiro atoms. The van der Waals surface area contributed by atoms with E-state index < -0.39 is 0 Å². The van der Waals surface area contributed by atoms with E-state index in [0.717, 1.165) is 30.1 Å². The average Bonchev–Trinajstić information content (AvgIpc) is 2.15. The fourth-order valence-electron chi connectivity index (χ4n) is 1.51. The van der Waals surface area contributed by atoms with E-state index in [-0.39, 0.29) is 5.54 Å². The first-order chi connectivity index (χ1) is 6.51. The molecule has 0 saturated carbocycles. The molecule has 0 bridgehead atoms. The minimum absolute atomic E-state index is 0.364. The summed E-state index contributed by atoms with van der Waals surface area (Å²) in [4.78, 5) is 8.82. The minimum atomic E-state index is -0.364. The van der Waals surface area contributed by atoms with Gasteiger partial charge < -0.3 is 5.73 Å². The Hall–Kier alpha value is -0.960. The summed E-state index contributed by atoms with van der Waals surface area (Å²) in [6.45, 7) is 8.10. The van der Waals surface area contributed by atoms with Crippen molar-refractivity contribution in [3.63, 3.8) is 0 Å². The molecule has 1 heterocycles. The lowest BCUT2D eigenvalue weighted by Crippen LogP contribution is -2.37. The molecule has 14 heavy (non-hydrogen) atoms. The van der Waals surface area contributed by atoms with Gasteiger partial charge in [-0.05, 0) is 32.8 Å². The predicted molar refractivity (Wildman–Crippen MR) is 58.0 cm³/mol. The van der Waals surface area contributed by atoms with Crippen LogP contribution in [-0.2, 0) is 5.54 Å². The van der Waals surface area contributed by atoms with E-state index in [9.17, 15) is 0 Å². The monoisotopic (exact) mass is 193 g/mol. The number of nitrogens with two attached hydrogens (primary N) is 1. The molecule has 0 aliphatic carbocycles.